The fraction of sp³-hybridized carbons (Fsp3) is 0.941. The fourth-order valence-electron chi connectivity index (χ4n) is 3.66. The average Bonchev–Trinajstić information content (AvgIpc) is 2.42. The van der Waals surface area contributed by atoms with Crippen molar-refractivity contribution >= 4 is 6.09 Å². The van der Waals surface area contributed by atoms with E-state index in [4.69, 9.17) is 4.74 Å². The Morgan fingerprint density at radius 3 is 2.35 bits per heavy atom. The summed E-state index contributed by atoms with van der Waals surface area (Å²) in [6, 6.07) is 0. The number of carbonyl (C=O) groups excluding carboxylic acids is 1. The molecule has 0 aromatic carbocycles. The average molecular weight is 281 g/mol. The van der Waals surface area contributed by atoms with Crippen LogP contribution in [0.1, 0.15) is 84.0 Å². The Bertz CT molecular complexity index is 305. The van der Waals surface area contributed by atoms with Gasteiger partial charge in [-0.25, -0.2) is 4.79 Å². The van der Waals surface area contributed by atoms with Crippen molar-refractivity contribution in [2.45, 2.75) is 89.5 Å². The van der Waals surface area contributed by atoms with E-state index >= 15 is 0 Å². The van der Waals surface area contributed by atoms with Gasteiger partial charge >= 0.3 is 6.09 Å². The van der Waals surface area contributed by atoms with Crippen LogP contribution in [-0.4, -0.2) is 18.2 Å². The zero-order valence-corrected chi connectivity index (χ0v) is 13.1. The Labute approximate surface area is 123 Å². The number of rotatable bonds is 10. The molecule has 1 N–H and O–H groups in total. The zero-order valence-electron chi connectivity index (χ0n) is 13.1. The minimum Gasteiger partial charge on any atom is -0.449 e. The Morgan fingerprint density at radius 1 is 1.10 bits per heavy atom. The van der Waals surface area contributed by atoms with Gasteiger partial charge in [-0.2, -0.15) is 0 Å². The molecule has 2 atom stereocenters. The van der Waals surface area contributed by atoms with Gasteiger partial charge in [0.25, 0.3) is 0 Å². The van der Waals surface area contributed by atoms with E-state index in [9.17, 15) is 4.79 Å². The monoisotopic (exact) mass is 281 g/mol. The summed E-state index contributed by atoms with van der Waals surface area (Å²) in [5.74, 6) is 0.578. The molecule has 20 heavy (non-hydrogen) atoms. The molecule has 2 aliphatic rings. The van der Waals surface area contributed by atoms with Gasteiger partial charge in [-0.3, -0.25) is 0 Å². The molecule has 0 unspecified atom stereocenters. The van der Waals surface area contributed by atoms with E-state index in [0.717, 1.165) is 12.8 Å². The predicted molar refractivity (Wildman–Crippen MR) is 81.8 cm³/mol. The van der Waals surface area contributed by atoms with Gasteiger partial charge in [0.15, 0.2) is 0 Å². The highest BCUT2D eigenvalue weighted by Gasteiger charge is 2.50. The van der Waals surface area contributed by atoms with Crippen molar-refractivity contribution in [2.75, 3.05) is 6.61 Å². The van der Waals surface area contributed by atoms with E-state index < -0.39 is 0 Å². The number of hydrogen-bond donors (Lipinski definition) is 1. The van der Waals surface area contributed by atoms with E-state index in [1.165, 1.54) is 64.2 Å². The predicted octanol–water partition coefficient (Wildman–Crippen LogP) is 4.80. The maximum atomic E-state index is 11.4. The zero-order chi connectivity index (χ0) is 14.3. The Morgan fingerprint density at radius 2 is 1.75 bits per heavy atom. The molecular formula is C17H31NO2. The normalized spacial score (nSPS) is 28.2. The highest BCUT2D eigenvalue weighted by Crippen LogP contribution is 2.44. The number of hydrogen-bond acceptors (Lipinski definition) is 2. The summed E-state index contributed by atoms with van der Waals surface area (Å²) < 4.78 is 5.08. The summed E-state index contributed by atoms with van der Waals surface area (Å²) in [5.41, 5.74) is 0.108. The second-order valence-electron chi connectivity index (χ2n) is 6.69. The molecule has 0 aromatic rings. The summed E-state index contributed by atoms with van der Waals surface area (Å²) in [4.78, 5) is 11.4. The quantitative estimate of drug-likeness (QED) is 0.584. The summed E-state index contributed by atoms with van der Waals surface area (Å²) >= 11 is 0. The second kappa shape index (κ2) is 7.90. The molecule has 1 heterocycles. The van der Waals surface area contributed by atoms with E-state index in [0.29, 0.717) is 12.5 Å². The number of nitrogens with one attached hydrogen (secondary N) is 1. The molecule has 0 bridgehead atoms. The van der Waals surface area contributed by atoms with Crippen LogP contribution in [-0.2, 0) is 4.74 Å². The molecule has 3 heteroatoms. The molecule has 0 spiro atoms. The minimum atomic E-state index is -0.197. The van der Waals surface area contributed by atoms with Crippen molar-refractivity contribution in [1.29, 1.82) is 0 Å². The van der Waals surface area contributed by atoms with Gasteiger partial charge in [-0.15, -0.1) is 0 Å². The molecule has 0 aromatic heterocycles. The number of carbonyl (C=O) groups is 1. The molecule has 3 nitrogen and oxygen atoms in total. The van der Waals surface area contributed by atoms with Gasteiger partial charge in [0, 0.05) is 11.5 Å². The number of unbranched alkanes of at least 4 members (excludes halogenated alkanes) is 8. The molecule has 1 saturated heterocycles. The first-order chi connectivity index (χ1) is 9.77. The minimum absolute atomic E-state index is 0.108. The van der Waals surface area contributed by atoms with Gasteiger partial charge in [0.05, 0.1) is 6.61 Å². The van der Waals surface area contributed by atoms with Crippen LogP contribution in [0.3, 0.4) is 0 Å². The molecule has 116 valence electrons. The number of cyclic esters (lactones) is 1. The highest BCUT2D eigenvalue weighted by molar-refractivity contribution is 5.69. The largest absolute Gasteiger partial charge is 0.449 e. The van der Waals surface area contributed by atoms with Crippen LogP contribution < -0.4 is 5.32 Å². The van der Waals surface area contributed by atoms with Crippen LogP contribution in [0, 0.1) is 5.92 Å². The first kappa shape index (κ1) is 15.7. The second-order valence-corrected chi connectivity index (χ2v) is 6.69. The van der Waals surface area contributed by atoms with Crippen LogP contribution in [0.4, 0.5) is 4.79 Å². The van der Waals surface area contributed by atoms with Crippen LogP contribution >= 0.6 is 0 Å². The molecular weight excluding hydrogens is 250 g/mol. The first-order valence-corrected chi connectivity index (χ1v) is 8.72. The van der Waals surface area contributed by atoms with Crippen LogP contribution in [0.25, 0.3) is 0 Å². The maximum absolute atomic E-state index is 11.4. The summed E-state index contributed by atoms with van der Waals surface area (Å²) in [5, 5.41) is 3.09. The first-order valence-electron chi connectivity index (χ1n) is 8.72. The van der Waals surface area contributed by atoms with Crippen molar-refractivity contribution in [1.82, 2.24) is 5.32 Å². The van der Waals surface area contributed by atoms with Crippen LogP contribution in [0.5, 0.6) is 0 Å². The van der Waals surface area contributed by atoms with E-state index in [-0.39, 0.29) is 11.6 Å². The third-order valence-corrected chi connectivity index (χ3v) is 5.21. The van der Waals surface area contributed by atoms with Crippen molar-refractivity contribution in [2.24, 2.45) is 5.92 Å². The highest BCUT2D eigenvalue weighted by atomic mass is 16.6. The lowest BCUT2D eigenvalue weighted by atomic mass is 9.64. The van der Waals surface area contributed by atoms with E-state index in [1.54, 1.807) is 0 Å². The molecule has 1 aliphatic carbocycles. The van der Waals surface area contributed by atoms with E-state index in [2.05, 4.69) is 12.2 Å². The molecule has 0 radical (unpaired) electrons. The van der Waals surface area contributed by atoms with Crippen molar-refractivity contribution < 1.29 is 9.53 Å². The van der Waals surface area contributed by atoms with E-state index in [1.807, 2.05) is 0 Å². The molecule has 2 fully saturated rings. The van der Waals surface area contributed by atoms with Crippen LogP contribution in [0.2, 0.25) is 0 Å². The van der Waals surface area contributed by atoms with Crippen molar-refractivity contribution in [3.05, 3.63) is 0 Å². The Balaban J connectivity index is 1.49. The number of alkyl carbamates (subject to hydrolysis) is 1. The maximum Gasteiger partial charge on any atom is 0.407 e. The fourth-order valence-corrected chi connectivity index (χ4v) is 3.66. The van der Waals surface area contributed by atoms with Gasteiger partial charge in [-0.1, -0.05) is 64.7 Å². The van der Waals surface area contributed by atoms with Gasteiger partial charge < -0.3 is 10.1 Å². The summed E-state index contributed by atoms with van der Waals surface area (Å²) in [6.07, 6.45) is 15.6. The lowest BCUT2D eigenvalue weighted by molar-refractivity contribution is -0.0242. The summed E-state index contributed by atoms with van der Waals surface area (Å²) in [7, 11) is 0. The SMILES string of the molecule is CCCCCCCCCCC[C@@]12CC[C@@H]1COC(=O)N2. The molecule has 1 aliphatic heterocycles. The third kappa shape index (κ3) is 4.13. The van der Waals surface area contributed by atoms with Crippen LogP contribution in [0.15, 0.2) is 0 Å². The number of fused-ring (bicyclic) bond motifs is 1. The molecule has 2 rings (SSSR count). The Hall–Kier alpha value is -0.730. The number of amides is 1. The van der Waals surface area contributed by atoms with Crippen molar-refractivity contribution in [3.8, 4) is 0 Å². The van der Waals surface area contributed by atoms with Gasteiger partial charge in [0.1, 0.15) is 0 Å². The molecule has 1 amide bonds. The third-order valence-electron chi connectivity index (χ3n) is 5.21. The standard InChI is InChI=1S/C17H31NO2/c1-2-3-4-5-6-7-8-9-10-12-17-13-11-15(17)14-20-16(19)18-17/h15H,2-14H2,1H3,(H,18,19)/t15-,17-/m1/s1. The summed E-state index contributed by atoms with van der Waals surface area (Å²) in [6.45, 7) is 2.91. The topological polar surface area (TPSA) is 38.3 Å². The Kier molecular flexibility index (Phi) is 6.18. The smallest absolute Gasteiger partial charge is 0.407 e. The molecule has 1 saturated carbocycles. The van der Waals surface area contributed by atoms with Gasteiger partial charge in [0.2, 0.25) is 0 Å². The lowest BCUT2D eigenvalue weighted by Gasteiger charge is -2.52. The lowest BCUT2D eigenvalue weighted by Crippen LogP contribution is -2.64. The van der Waals surface area contributed by atoms with Crippen molar-refractivity contribution in [3.63, 3.8) is 0 Å². The number of ether oxygens (including phenoxy) is 1. The van der Waals surface area contributed by atoms with Gasteiger partial charge in [-0.05, 0) is 19.3 Å².